The van der Waals surface area contributed by atoms with Gasteiger partial charge in [0.25, 0.3) is 5.56 Å². The Hall–Kier alpha value is -3.73. The van der Waals surface area contributed by atoms with Crippen molar-refractivity contribution in [3.05, 3.63) is 70.8 Å². The summed E-state index contributed by atoms with van der Waals surface area (Å²) in [5.74, 6) is -1.79. The summed E-state index contributed by atoms with van der Waals surface area (Å²) in [6.45, 7) is 0. The fourth-order valence-electron chi connectivity index (χ4n) is 3.07. The van der Waals surface area contributed by atoms with Gasteiger partial charge in [0.2, 0.25) is 15.6 Å². The number of hydrogen-bond donors (Lipinski definition) is 1. The average molecular weight is 447 g/mol. The van der Waals surface area contributed by atoms with E-state index < -0.39 is 27.2 Å². The Morgan fingerprint density at radius 2 is 1.84 bits per heavy atom. The van der Waals surface area contributed by atoms with Gasteiger partial charge in [-0.05, 0) is 30.3 Å². The van der Waals surface area contributed by atoms with Gasteiger partial charge in [-0.15, -0.1) is 0 Å². The van der Waals surface area contributed by atoms with E-state index in [9.17, 15) is 22.0 Å². The lowest BCUT2D eigenvalue weighted by atomic mass is 10.0. The molecule has 160 valence electrons. The second-order valence-corrected chi connectivity index (χ2v) is 8.54. The highest BCUT2D eigenvalue weighted by atomic mass is 32.2. The van der Waals surface area contributed by atoms with Gasteiger partial charge in [-0.2, -0.15) is 0 Å². The number of nitrogens with one attached hydrogen (secondary N) is 1. The van der Waals surface area contributed by atoms with Crippen LogP contribution in [-0.4, -0.2) is 24.4 Å². The zero-order valence-electron chi connectivity index (χ0n) is 16.2. The van der Waals surface area contributed by atoms with Crippen LogP contribution in [0, 0.1) is 11.6 Å². The van der Waals surface area contributed by atoms with Crippen molar-refractivity contribution in [2.75, 3.05) is 11.0 Å². The van der Waals surface area contributed by atoms with Gasteiger partial charge in [0.05, 0.1) is 17.8 Å². The van der Waals surface area contributed by atoms with E-state index in [4.69, 9.17) is 9.26 Å². The van der Waals surface area contributed by atoms with Crippen LogP contribution in [0.2, 0.25) is 0 Å². The molecule has 11 heteroatoms. The topological polar surface area (TPSA) is 103 Å². The lowest BCUT2D eigenvalue weighted by molar-refractivity contribution is 0.439. The quantitative estimate of drug-likeness (QED) is 0.501. The molecule has 0 bridgehead atoms. The van der Waals surface area contributed by atoms with E-state index in [0.29, 0.717) is 22.6 Å². The molecular weight excluding hydrogens is 432 g/mol. The lowest BCUT2D eigenvalue weighted by Gasteiger charge is -2.15. The first-order valence-corrected chi connectivity index (χ1v) is 10.7. The highest BCUT2D eigenvalue weighted by Crippen LogP contribution is 2.39. The van der Waals surface area contributed by atoms with Crippen LogP contribution in [0.3, 0.4) is 0 Å². The van der Waals surface area contributed by atoms with Gasteiger partial charge >= 0.3 is 0 Å². The Morgan fingerprint density at radius 1 is 1.10 bits per heavy atom. The number of sulfonamides is 1. The summed E-state index contributed by atoms with van der Waals surface area (Å²) >= 11 is 0. The van der Waals surface area contributed by atoms with E-state index in [1.54, 1.807) is 0 Å². The first kappa shape index (κ1) is 20.5. The molecular formula is C20H15F2N3O5S. The standard InChI is InChI=1S/C20H15F2N3O5S/c1-25-10-15(14-9-23-30-19(14)20(25)26)13-8-12(24-31(2,27)28)4-6-17(13)29-18-5-3-11(21)7-16(18)22/h3-10,24H,1-2H3. The largest absolute Gasteiger partial charge is 0.454 e. The van der Waals surface area contributed by atoms with Gasteiger partial charge in [0, 0.05) is 36.1 Å². The summed E-state index contributed by atoms with van der Waals surface area (Å²) in [6.07, 6.45) is 3.83. The molecule has 0 aliphatic carbocycles. The van der Waals surface area contributed by atoms with Gasteiger partial charge in [-0.3, -0.25) is 9.52 Å². The number of nitrogens with zero attached hydrogens (tertiary/aromatic N) is 2. The summed E-state index contributed by atoms with van der Waals surface area (Å²) in [5, 5.41) is 4.02. The Balaban J connectivity index is 1.94. The number of pyridine rings is 1. The van der Waals surface area contributed by atoms with Gasteiger partial charge in [0.1, 0.15) is 11.6 Å². The molecule has 0 aliphatic heterocycles. The second kappa shape index (κ2) is 7.51. The molecule has 0 atom stereocenters. The van der Waals surface area contributed by atoms with Crippen LogP contribution in [-0.2, 0) is 17.1 Å². The van der Waals surface area contributed by atoms with Crippen molar-refractivity contribution >= 4 is 26.7 Å². The second-order valence-electron chi connectivity index (χ2n) is 6.79. The van der Waals surface area contributed by atoms with Gasteiger partial charge in [-0.1, -0.05) is 5.16 Å². The Kier molecular flexibility index (Phi) is 4.97. The van der Waals surface area contributed by atoms with Crippen LogP contribution in [0.4, 0.5) is 14.5 Å². The van der Waals surface area contributed by atoms with Crippen molar-refractivity contribution in [3.8, 4) is 22.6 Å². The molecule has 2 aromatic carbocycles. The molecule has 0 radical (unpaired) electrons. The van der Waals surface area contributed by atoms with Crippen LogP contribution in [0.5, 0.6) is 11.5 Å². The Morgan fingerprint density at radius 3 is 2.55 bits per heavy atom. The van der Waals surface area contributed by atoms with E-state index in [1.807, 2.05) is 0 Å². The van der Waals surface area contributed by atoms with Crippen LogP contribution in [0.25, 0.3) is 22.1 Å². The Bertz CT molecular complexity index is 1480. The number of aryl methyl sites for hydroxylation is 1. The summed E-state index contributed by atoms with van der Waals surface area (Å²) in [6, 6.07) is 7.17. The smallest absolute Gasteiger partial charge is 0.296 e. The number of aromatic nitrogens is 2. The van der Waals surface area contributed by atoms with E-state index in [2.05, 4.69) is 9.88 Å². The van der Waals surface area contributed by atoms with Crippen molar-refractivity contribution in [3.63, 3.8) is 0 Å². The van der Waals surface area contributed by atoms with Crippen molar-refractivity contribution in [1.29, 1.82) is 0 Å². The van der Waals surface area contributed by atoms with Gasteiger partial charge in [0.15, 0.2) is 11.6 Å². The molecule has 0 saturated carbocycles. The zero-order chi connectivity index (χ0) is 22.3. The summed E-state index contributed by atoms with van der Waals surface area (Å²) in [4.78, 5) is 12.3. The van der Waals surface area contributed by atoms with E-state index in [1.165, 1.54) is 42.2 Å². The highest BCUT2D eigenvalue weighted by Gasteiger charge is 2.19. The normalized spacial score (nSPS) is 11.6. The third kappa shape index (κ3) is 4.12. The number of benzene rings is 2. The minimum atomic E-state index is -3.58. The maximum Gasteiger partial charge on any atom is 0.296 e. The minimum Gasteiger partial charge on any atom is -0.454 e. The fourth-order valence-corrected chi connectivity index (χ4v) is 3.62. The van der Waals surface area contributed by atoms with Crippen LogP contribution < -0.4 is 15.0 Å². The first-order chi connectivity index (χ1) is 14.6. The molecule has 0 aliphatic rings. The highest BCUT2D eigenvalue weighted by molar-refractivity contribution is 7.92. The molecule has 1 N–H and O–H groups in total. The fraction of sp³-hybridized carbons (Fsp3) is 0.100. The third-order valence-electron chi connectivity index (χ3n) is 4.38. The minimum absolute atomic E-state index is 0.0135. The molecule has 0 saturated heterocycles. The molecule has 0 unspecified atom stereocenters. The molecule has 0 amide bonds. The van der Waals surface area contributed by atoms with Gasteiger partial charge < -0.3 is 13.8 Å². The molecule has 0 fully saturated rings. The number of rotatable bonds is 5. The number of halogens is 2. The molecule has 0 spiro atoms. The molecule has 2 heterocycles. The molecule has 2 aromatic heterocycles. The number of anilines is 1. The Labute approximate surface area is 174 Å². The zero-order valence-corrected chi connectivity index (χ0v) is 17.0. The lowest BCUT2D eigenvalue weighted by Crippen LogP contribution is -2.15. The van der Waals surface area contributed by atoms with Crippen molar-refractivity contribution in [1.82, 2.24) is 9.72 Å². The van der Waals surface area contributed by atoms with Crippen LogP contribution >= 0.6 is 0 Å². The molecule has 31 heavy (non-hydrogen) atoms. The maximum atomic E-state index is 14.2. The molecule has 4 rings (SSSR count). The third-order valence-corrected chi connectivity index (χ3v) is 4.99. The SMILES string of the molecule is Cn1cc(-c2cc(NS(C)(=O)=O)ccc2Oc2ccc(F)cc2F)c2cnoc2c1=O. The summed E-state index contributed by atoms with van der Waals surface area (Å²) in [7, 11) is -2.08. The predicted molar refractivity (Wildman–Crippen MR) is 110 cm³/mol. The number of ether oxygens (including phenoxy) is 1. The maximum absolute atomic E-state index is 14.2. The van der Waals surface area contributed by atoms with E-state index in [-0.39, 0.29) is 22.8 Å². The number of hydrogen-bond acceptors (Lipinski definition) is 6. The summed E-state index contributed by atoms with van der Waals surface area (Å²) in [5.41, 5.74) is 0.520. The van der Waals surface area contributed by atoms with Gasteiger partial charge in [-0.25, -0.2) is 17.2 Å². The van der Waals surface area contributed by atoms with Crippen LogP contribution in [0.1, 0.15) is 0 Å². The predicted octanol–water partition coefficient (Wildman–Crippen LogP) is 3.64. The average Bonchev–Trinajstić information content (AvgIpc) is 3.17. The van der Waals surface area contributed by atoms with E-state index >= 15 is 0 Å². The van der Waals surface area contributed by atoms with Crippen molar-refractivity contribution in [2.24, 2.45) is 7.05 Å². The van der Waals surface area contributed by atoms with Crippen LogP contribution in [0.15, 0.2) is 58.1 Å². The first-order valence-electron chi connectivity index (χ1n) is 8.81. The van der Waals surface area contributed by atoms with E-state index in [0.717, 1.165) is 18.4 Å². The van der Waals surface area contributed by atoms with Crippen molar-refractivity contribution < 1.29 is 26.5 Å². The monoisotopic (exact) mass is 447 g/mol. The molecule has 8 nitrogen and oxygen atoms in total. The summed E-state index contributed by atoms with van der Waals surface area (Å²) < 4.78 is 65.1. The van der Waals surface area contributed by atoms with Crippen molar-refractivity contribution in [2.45, 2.75) is 0 Å². The number of fused-ring (bicyclic) bond motifs is 1. The molecule has 4 aromatic rings.